The van der Waals surface area contributed by atoms with Crippen molar-refractivity contribution >= 4 is 29.3 Å². The highest BCUT2D eigenvalue weighted by atomic mass is 35.5. The molecule has 0 saturated heterocycles. The van der Waals surface area contributed by atoms with Gasteiger partial charge in [0.15, 0.2) is 0 Å². The van der Waals surface area contributed by atoms with Crippen LogP contribution in [0.2, 0.25) is 0 Å². The van der Waals surface area contributed by atoms with Crippen LogP contribution < -0.4 is 15.8 Å². The van der Waals surface area contributed by atoms with Crippen molar-refractivity contribution in [2.75, 3.05) is 6.61 Å². The Morgan fingerprint density at radius 3 is 2.70 bits per heavy atom. The molecule has 0 unspecified atom stereocenters. The molecule has 2 aliphatic carbocycles. The number of carbonyl (C=O) groups is 1. The SMILES string of the molecule is Cc1[nH]c2c(-c3ccc(F)cc3OCC3CC3)ncnc2c1C(=O)NC1CCC(N)CC1.Cl. The van der Waals surface area contributed by atoms with Gasteiger partial charge in [0.05, 0.1) is 17.7 Å². The molecule has 0 spiro atoms. The van der Waals surface area contributed by atoms with E-state index in [1.807, 2.05) is 6.92 Å². The number of fused-ring (bicyclic) bond motifs is 1. The number of amides is 1. The molecule has 2 heterocycles. The molecule has 2 saturated carbocycles. The van der Waals surface area contributed by atoms with Gasteiger partial charge in [-0.15, -0.1) is 12.4 Å². The number of halogens is 2. The van der Waals surface area contributed by atoms with Gasteiger partial charge in [-0.3, -0.25) is 4.79 Å². The first-order valence-corrected chi connectivity index (χ1v) is 11.3. The maximum Gasteiger partial charge on any atom is 0.255 e. The van der Waals surface area contributed by atoms with Crippen LogP contribution in [0.15, 0.2) is 24.5 Å². The fourth-order valence-corrected chi connectivity index (χ4v) is 4.43. The molecule has 9 heteroatoms. The van der Waals surface area contributed by atoms with Crippen molar-refractivity contribution in [3.05, 3.63) is 41.6 Å². The molecule has 2 aromatic heterocycles. The van der Waals surface area contributed by atoms with Gasteiger partial charge in [0.2, 0.25) is 0 Å². The molecule has 7 nitrogen and oxygen atoms in total. The van der Waals surface area contributed by atoms with E-state index in [1.165, 1.54) is 18.5 Å². The first-order valence-electron chi connectivity index (χ1n) is 11.3. The van der Waals surface area contributed by atoms with Gasteiger partial charge in [-0.05, 0) is 63.5 Å². The first-order chi connectivity index (χ1) is 15.5. The standard InChI is InChI=1S/C24H28FN5O2.ClH/c1-13-20(24(31)30-17-7-5-16(26)6-8-17)22-23(29-13)21(27-12-28-22)18-9-4-15(25)10-19(18)32-11-14-2-3-14;/h4,9-10,12,14,16-17,29H,2-3,5-8,11,26H2,1H3,(H,30,31);1H. The molecule has 2 aliphatic rings. The highest BCUT2D eigenvalue weighted by Gasteiger charge is 2.26. The summed E-state index contributed by atoms with van der Waals surface area (Å²) in [5, 5.41) is 3.14. The van der Waals surface area contributed by atoms with E-state index in [0.717, 1.165) is 38.5 Å². The zero-order valence-corrected chi connectivity index (χ0v) is 19.4. The third-order valence-corrected chi connectivity index (χ3v) is 6.48. The zero-order valence-electron chi connectivity index (χ0n) is 18.6. The Morgan fingerprint density at radius 2 is 1.97 bits per heavy atom. The lowest BCUT2D eigenvalue weighted by atomic mass is 9.91. The van der Waals surface area contributed by atoms with Gasteiger partial charge in [0, 0.05) is 29.4 Å². The van der Waals surface area contributed by atoms with Crippen LogP contribution in [0.1, 0.15) is 54.6 Å². The summed E-state index contributed by atoms with van der Waals surface area (Å²) < 4.78 is 19.9. The van der Waals surface area contributed by atoms with Crippen molar-refractivity contribution in [1.29, 1.82) is 0 Å². The molecule has 1 aromatic carbocycles. The average Bonchev–Trinajstić information content (AvgIpc) is 3.54. The van der Waals surface area contributed by atoms with Crippen LogP contribution in [0.25, 0.3) is 22.3 Å². The molecule has 0 bridgehead atoms. The summed E-state index contributed by atoms with van der Waals surface area (Å²) in [6.45, 7) is 2.42. The predicted octanol–water partition coefficient (Wildman–Crippen LogP) is 4.28. The smallest absolute Gasteiger partial charge is 0.255 e. The van der Waals surface area contributed by atoms with Crippen LogP contribution in [0, 0.1) is 18.7 Å². The summed E-state index contributed by atoms with van der Waals surface area (Å²) >= 11 is 0. The minimum absolute atomic E-state index is 0. The summed E-state index contributed by atoms with van der Waals surface area (Å²) in [6, 6.07) is 4.79. The van der Waals surface area contributed by atoms with Crippen LogP contribution in [-0.4, -0.2) is 39.5 Å². The molecule has 176 valence electrons. The lowest BCUT2D eigenvalue weighted by molar-refractivity contribution is 0.0927. The van der Waals surface area contributed by atoms with Crippen LogP contribution in [0.4, 0.5) is 4.39 Å². The highest BCUT2D eigenvalue weighted by molar-refractivity contribution is 6.09. The molecule has 3 aromatic rings. The minimum Gasteiger partial charge on any atom is -0.492 e. The predicted molar refractivity (Wildman–Crippen MR) is 127 cm³/mol. The van der Waals surface area contributed by atoms with Crippen molar-refractivity contribution in [2.24, 2.45) is 11.7 Å². The monoisotopic (exact) mass is 473 g/mol. The molecular weight excluding hydrogens is 445 g/mol. The third kappa shape index (κ3) is 4.96. The van der Waals surface area contributed by atoms with Gasteiger partial charge in [-0.2, -0.15) is 0 Å². The van der Waals surface area contributed by atoms with Gasteiger partial charge >= 0.3 is 0 Å². The van der Waals surface area contributed by atoms with Gasteiger partial charge < -0.3 is 20.8 Å². The van der Waals surface area contributed by atoms with Crippen molar-refractivity contribution in [1.82, 2.24) is 20.3 Å². The van der Waals surface area contributed by atoms with Crippen LogP contribution in [0.3, 0.4) is 0 Å². The van der Waals surface area contributed by atoms with E-state index >= 15 is 0 Å². The molecule has 0 atom stereocenters. The van der Waals surface area contributed by atoms with E-state index in [9.17, 15) is 9.18 Å². The number of aromatic nitrogens is 3. The number of benzene rings is 1. The van der Waals surface area contributed by atoms with Crippen LogP contribution in [0.5, 0.6) is 5.75 Å². The van der Waals surface area contributed by atoms with E-state index in [-0.39, 0.29) is 36.2 Å². The van der Waals surface area contributed by atoms with Crippen molar-refractivity contribution in [3.8, 4) is 17.0 Å². The molecule has 4 N–H and O–H groups in total. The fourth-order valence-electron chi connectivity index (χ4n) is 4.43. The Kier molecular flexibility index (Phi) is 6.86. The fraction of sp³-hybridized carbons (Fsp3) is 0.458. The number of hydrogen-bond donors (Lipinski definition) is 3. The van der Waals surface area contributed by atoms with Crippen molar-refractivity contribution in [3.63, 3.8) is 0 Å². The largest absolute Gasteiger partial charge is 0.492 e. The van der Waals surface area contributed by atoms with Gasteiger partial charge in [-0.25, -0.2) is 14.4 Å². The minimum atomic E-state index is -0.361. The average molecular weight is 474 g/mol. The molecule has 5 rings (SSSR count). The summed E-state index contributed by atoms with van der Waals surface area (Å²) in [4.78, 5) is 25.3. The van der Waals surface area contributed by atoms with E-state index in [1.54, 1.807) is 6.07 Å². The third-order valence-electron chi connectivity index (χ3n) is 6.48. The van der Waals surface area contributed by atoms with Gasteiger partial charge in [0.25, 0.3) is 5.91 Å². The number of hydrogen-bond acceptors (Lipinski definition) is 5. The maximum atomic E-state index is 14.0. The second-order valence-electron chi connectivity index (χ2n) is 9.05. The topological polar surface area (TPSA) is 106 Å². The molecule has 0 radical (unpaired) electrons. The number of carbonyl (C=O) groups excluding carboxylic acids is 1. The zero-order chi connectivity index (χ0) is 22.2. The number of nitrogens with one attached hydrogen (secondary N) is 2. The lowest BCUT2D eigenvalue weighted by Gasteiger charge is -2.26. The quantitative estimate of drug-likeness (QED) is 0.495. The van der Waals surface area contributed by atoms with Gasteiger partial charge in [-0.1, -0.05) is 0 Å². The molecule has 0 aliphatic heterocycles. The summed E-state index contributed by atoms with van der Waals surface area (Å²) in [6.07, 6.45) is 7.32. The Labute approximate surface area is 198 Å². The summed E-state index contributed by atoms with van der Waals surface area (Å²) in [5.74, 6) is 0.477. The van der Waals surface area contributed by atoms with Gasteiger partial charge in [0.1, 0.15) is 29.1 Å². The molecule has 2 fully saturated rings. The van der Waals surface area contributed by atoms with E-state index in [2.05, 4.69) is 20.3 Å². The second-order valence-corrected chi connectivity index (χ2v) is 9.05. The Balaban J connectivity index is 0.00000259. The summed E-state index contributed by atoms with van der Waals surface area (Å²) in [7, 11) is 0. The highest BCUT2D eigenvalue weighted by Crippen LogP contribution is 2.36. The van der Waals surface area contributed by atoms with Crippen molar-refractivity contribution in [2.45, 2.75) is 57.5 Å². The number of aromatic amines is 1. The number of ether oxygens (including phenoxy) is 1. The molecule has 33 heavy (non-hydrogen) atoms. The molecular formula is C24H29ClFN5O2. The Morgan fingerprint density at radius 1 is 1.21 bits per heavy atom. The number of nitrogens with zero attached hydrogens (tertiary/aromatic N) is 2. The Bertz CT molecular complexity index is 1160. The van der Waals surface area contributed by atoms with E-state index in [4.69, 9.17) is 10.5 Å². The normalized spacial score (nSPS) is 20.3. The second kappa shape index (κ2) is 9.65. The van der Waals surface area contributed by atoms with Crippen LogP contribution >= 0.6 is 12.4 Å². The lowest BCUT2D eigenvalue weighted by Crippen LogP contribution is -2.40. The van der Waals surface area contributed by atoms with Crippen LogP contribution in [-0.2, 0) is 0 Å². The summed E-state index contributed by atoms with van der Waals surface area (Å²) in [5.41, 5.74) is 9.68. The number of nitrogens with two attached hydrogens (primary N) is 1. The van der Waals surface area contributed by atoms with Crippen molar-refractivity contribution < 1.29 is 13.9 Å². The van der Waals surface area contributed by atoms with E-state index in [0.29, 0.717) is 51.8 Å². The molecule has 1 amide bonds. The number of rotatable bonds is 6. The number of aryl methyl sites for hydroxylation is 1. The maximum absolute atomic E-state index is 14.0. The number of H-pyrrole nitrogens is 1. The first kappa shape index (κ1) is 23.4. The Hall–Kier alpha value is -2.71. The van der Waals surface area contributed by atoms with E-state index < -0.39 is 0 Å².